The maximum absolute atomic E-state index is 11.9. The lowest BCUT2D eigenvalue weighted by Crippen LogP contribution is -2.33. The summed E-state index contributed by atoms with van der Waals surface area (Å²) in [5.74, 6) is -0.691. The first kappa shape index (κ1) is 15.5. The molecule has 0 saturated heterocycles. The zero-order valence-electron chi connectivity index (χ0n) is 12.4. The van der Waals surface area contributed by atoms with E-state index in [1.807, 2.05) is 6.92 Å². The van der Waals surface area contributed by atoms with E-state index in [9.17, 15) is 9.59 Å². The molecule has 1 saturated carbocycles. The third kappa shape index (κ3) is 4.04. The van der Waals surface area contributed by atoms with Crippen LogP contribution in [0.5, 0.6) is 0 Å². The summed E-state index contributed by atoms with van der Waals surface area (Å²) in [5, 5.41) is 11.8. The molecule has 114 valence electrons. The van der Waals surface area contributed by atoms with Gasteiger partial charge in [0.15, 0.2) is 0 Å². The minimum Gasteiger partial charge on any atom is -0.478 e. The van der Waals surface area contributed by atoms with Crippen LogP contribution in [0.3, 0.4) is 0 Å². The predicted octanol–water partition coefficient (Wildman–Crippen LogP) is 2.84. The molecule has 1 amide bonds. The quantitative estimate of drug-likeness (QED) is 0.845. The number of anilines is 1. The SMILES string of the molecule is CCOC1CC(CC(=O)Nc2ccc(C)c(C(=O)O)c2)C1. The molecule has 0 aliphatic heterocycles. The van der Waals surface area contributed by atoms with Gasteiger partial charge in [0.1, 0.15) is 0 Å². The van der Waals surface area contributed by atoms with Gasteiger partial charge in [0.25, 0.3) is 0 Å². The van der Waals surface area contributed by atoms with E-state index in [1.54, 1.807) is 19.1 Å². The normalized spacial score (nSPS) is 20.7. The van der Waals surface area contributed by atoms with Gasteiger partial charge in [0.2, 0.25) is 5.91 Å². The van der Waals surface area contributed by atoms with Crippen LogP contribution in [0, 0.1) is 12.8 Å². The summed E-state index contributed by atoms with van der Waals surface area (Å²) in [6.07, 6.45) is 2.61. The Labute approximate surface area is 124 Å². The number of amides is 1. The molecule has 2 N–H and O–H groups in total. The molecule has 1 fully saturated rings. The Morgan fingerprint density at radius 3 is 2.71 bits per heavy atom. The summed E-state index contributed by atoms with van der Waals surface area (Å²) < 4.78 is 5.47. The number of carboxylic acids is 1. The molecule has 1 aromatic carbocycles. The molecule has 21 heavy (non-hydrogen) atoms. The summed E-state index contributed by atoms with van der Waals surface area (Å²) in [6.45, 7) is 4.42. The first-order valence-electron chi connectivity index (χ1n) is 7.25. The van der Waals surface area contributed by atoms with Crippen LogP contribution in [-0.2, 0) is 9.53 Å². The maximum atomic E-state index is 11.9. The second-order valence-corrected chi connectivity index (χ2v) is 5.50. The van der Waals surface area contributed by atoms with Crippen LogP contribution in [-0.4, -0.2) is 29.7 Å². The number of aryl methyl sites for hydroxylation is 1. The van der Waals surface area contributed by atoms with Crippen LogP contribution in [0.4, 0.5) is 5.69 Å². The largest absolute Gasteiger partial charge is 0.478 e. The van der Waals surface area contributed by atoms with Crippen molar-refractivity contribution in [3.8, 4) is 0 Å². The average Bonchev–Trinajstić information content (AvgIpc) is 2.38. The van der Waals surface area contributed by atoms with Crippen molar-refractivity contribution in [1.29, 1.82) is 0 Å². The van der Waals surface area contributed by atoms with Crippen molar-refractivity contribution in [3.63, 3.8) is 0 Å². The van der Waals surface area contributed by atoms with Crippen LogP contribution >= 0.6 is 0 Å². The second-order valence-electron chi connectivity index (χ2n) is 5.50. The van der Waals surface area contributed by atoms with Crippen LogP contribution < -0.4 is 5.32 Å². The summed E-state index contributed by atoms with van der Waals surface area (Å²) in [5.41, 5.74) is 1.43. The van der Waals surface area contributed by atoms with Crippen molar-refractivity contribution in [1.82, 2.24) is 0 Å². The van der Waals surface area contributed by atoms with Gasteiger partial charge in [0, 0.05) is 18.7 Å². The van der Waals surface area contributed by atoms with E-state index in [4.69, 9.17) is 9.84 Å². The van der Waals surface area contributed by atoms with Crippen molar-refractivity contribution in [2.24, 2.45) is 5.92 Å². The smallest absolute Gasteiger partial charge is 0.336 e. The van der Waals surface area contributed by atoms with Gasteiger partial charge in [-0.1, -0.05) is 6.07 Å². The molecule has 1 aliphatic carbocycles. The molecule has 0 unspecified atom stereocenters. The van der Waals surface area contributed by atoms with Gasteiger partial charge >= 0.3 is 5.97 Å². The number of benzene rings is 1. The first-order chi connectivity index (χ1) is 9.99. The molecule has 0 atom stereocenters. The Morgan fingerprint density at radius 1 is 1.38 bits per heavy atom. The number of aromatic carboxylic acids is 1. The van der Waals surface area contributed by atoms with Gasteiger partial charge in [-0.2, -0.15) is 0 Å². The average molecular weight is 291 g/mol. The summed E-state index contributed by atoms with van der Waals surface area (Å²) >= 11 is 0. The van der Waals surface area contributed by atoms with Crippen molar-refractivity contribution in [3.05, 3.63) is 29.3 Å². The van der Waals surface area contributed by atoms with Gasteiger partial charge in [-0.25, -0.2) is 4.79 Å². The molecular weight excluding hydrogens is 270 g/mol. The summed E-state index contributed by atoms with van der Waals surface area (Å²) in [6, 6.07) is 4.93. The summed E-state index contributed by atoms with van der Waals surface area (Å²) in [7, 11) is 0. The number of nitrogens with one attached hydrogen (secondary N) is 1. The topological polar surface area (TPSA) is 75.6 Å². The highest BCUT2D eigenvalue weighted by Crippen LogP contribution is 2.32. The highest BCUT2D eigenvalue weighted by molar-refractivity contribution is 5.94. The van der Waals surface area contributed by atoms with Crippen LogP contribution in [0.2, 0.25) is 0 Å². The minimum atomic E-state index is -0.984. The number of hydrogen-bond donors (Lipinski definition) is 2. The van der Waals surface area contributed by atoms with Gasteiger partial charge in [0.05, 0.1) is 11.7 Å². The minimum absolute atomic E-state index is 0.0739. The van der Waals surface area contributed by atoms with Crippen molar-refractivity contribution in [2.75, 3.05) is 11.9 Å². The molecule has 0 radical (unpaired) electrons. The summed E-state index contributed by atoms with van der Waals surface area (Å²) in [4.78, 5) is 23.0. The highest BCUT2D eigenvalue weighted by Gasteiger charge is 2.31. The lowest BCUT2D eigenvalue weighted by Gasteiger charge is -2.34. The monoisotopic (exact) mass is 291 g/mol. The van der Waals surface area contributed by atoms with E-state index in [-0.39, 0.29) is 11.5 Å². The zero-order valence-corrected chi connectivity index (χ0v) is 12.4. The van der Waals surface area contributed by atoms with Crippen LogP contribution in [0.25, 0.3) is 0 Å². The maximum Gasteiger partial charge on any atom is 0.336 e. The molecule has 2 rings (SSSR count). The van der Waals surface area contributed by atoms with Crippen molar-refractivity contribution >= 4 is 17.6 Å². The van der Waals surface area contributed by atoms with E-state index in [0.717, 1.165) is 12.8 Å². The zero-order chi connectivity index (χ0) is 15.4. The molecule has 5 heteroatoms. The molecule has 5 nitrogen and oxygen atoms in total. The lowest BCUT2D eigenvalue weighted by molar-refractivity contribution is -0.119. The molecular formula is C16H21NO4. The highest BCUT2D eigenvalue weighted by atomic mass is 16.5. The van der Waals surface area contributed by atoms with Crippen molar-refractivity contribution < 1.29 is 19.4 Å². The fraction of sp³-hybridized carbons (Fsp3) is 0.500. The van der Waals surface area contributed by atoms with Gasteiger partial charge < -0.3 is 15.2 Å². The molecule has 0 heterocycles. The van der Waals surface area contributed by atoms with Gasteiger partial charge in [-0.3, -0.25) is 4.79 Å². The lowest BCUT2D eigenvalue weighted by atomic mass is 9.80. The Morgan fingerprint density at radius 2 is 2.10 bits per heavy atom. The van der Waals surface area contributed by atoms with Crippen LogP contribution in [0.1, 0.15) is 42.1 Å². The first-order valence-corrected chi connectivity index (χ1v) is 7.25. The fourth-order valence-corrected chi connectivity index (χ4v) is 2.62. The molecule has 0 bridgehead atoms. The molecule has 1 aliphatic rings. The molecule has 0 aromatic heterocycles. The number of hydrogen-bond acceptors (Lipinski definition) is 3. The van der Waals surface area contributed by atoms with Gasteiger partial charge in [-0.05, 0) is 50.3 Å². The van der Waals surface area contributed by atoms with Gasteiger partial charge in [-0.15, -0.1) is 0 Å². The number of carboxylic acid groups (broad SMARTS) is 1. The number of carbonyl (C=O) groups is 2. The van der Waals surface area contributed by atoms with E-state index in [1.165, 1.54) is 6.07 Å². The third-order valence-electron chi connectivity index (χ3n) is 3.82. The molecule has 1 aromatic rings. The number of ether oxygens (including phenoxy) is 1. The second kappa shape index (κ2) is 6.72. The predicted molar refractivity (Wildman–Crippen MR) is 79.5 cm³/mol. The van der Waals surface area contributed by atoms with Crippen molar-refractivity contribution in [2.45, 2.75) is 39.2 Å². The van der Waals surface area contributed by atoms with E-state index < -0.39 is 5.97 Å². The van der Waals surface area contributed by atoms with Crippen LogP contribution in [0.15, 0.2) is 18.2 Å². The Bertz CT molecular complexity index is 535. The fourth-order valence-electron chi connectivity index (χ4n) is 2.62. The third-order valence-corrected chi connectivity index (χ3v) is 3.82. The number of rotatable bonds is 6. The Balaban J connectivity index is 1.86. The molecule has 0 spiro atoms. The van der Waals surface area contributed by atoms with E-state index in [2.05, 4.69) is 5.32 Å². The van der Waals surface area contributed by atoms with E-state index >= 15 is 0 Å². The standard InChI is InChI=1S/C16H21NO4/c1-3-21-13-6-11(7-13)8-15(18)17-12-5-4-10(2)14(9-12)16(19)20/h4-5,9,11,13H,3,6-8H2,1-2H3,(H,17,18)(H,19,20). The van der Waals surface area contributed by atoms with E-state index in [0.29, 0.717) is 36.3 Å². The Kier molecular flexibility index (Phi) is 4.96. The number of carbonyl (C=O) groups excluding carboxylic acids is 1. The Hall–Kier alpha value is -1.88.